The van der Waals surface area contributed by atoms with Crippen LogP contribution in [0.5, 0.6) is 0 Å². The van der Waals surface area contributed by atoms with Gasteiger partial charge in [-0.2, -0.15) is 4.31 Å². The largest absolute Gasteiger partial charge is 0.337 e. The molecule has 2 aromatic carbocycles. The standard InChI is InChI=1S/C21H25ClN2O3S/c1-23(16-17-7-6-8-19(22)15-17)21(25)18-9-11-20(12-10-18)28(26,27)24-13-4-2-3-5-14-24/h6-12,15H,2-5,13-14,16H2,1H3. The smallest absolute Gasteiger partial charge is 0.253 e. The van der Waals surface area contributed by atoms with Gasteiger partial charge in [0.05, 0.1) is 4.90 Å². The summed E-state index contributed by atoms with van der Waals surface area (Å²) in [5, 5.41) is 0.626. The fourth-order valence-electron chi connectivity index (χ4n) is 3.40. The summed E-state index contributed by atoms with van der Waals surface area (Å²) in [6.07, 6.45) is 3.92. The molecule has 5 nitrogen and oxygen atoms in total. The highest BCUT2D eigenvalue weighted by Crippen LogP contribution is 2.21. The van der Waals surface area contributed by atoms with E-state index in [1.54, 1.807) is 34.5 Å². The molecule has 1 fully saturated rings. The Morgan fingerprint density at radius 1 is 1.04 bits per heavy atom. The van der Waals surface area contributed by atoms with Gasteiger partial charge in [0.1, 0.15) is 0 Å². The number of sulfonamides is 1. The van der Waals surface area contributed by atoms with Crippen LogP contribution >= 0.6 is 11.6 Å². The van der Waals surface area contributed by atoms with Crippen molar-refractivity contribution in [2.75, 3.05) is 20.1 Å². The van der Waals surface area contributed by atoms with Gasteiger partial charge in [-0.25, -0.2) is 8.42 Å². The van der Waals surface area contributed by atoms with E-state index in [-0.39, 0.29) is 10.8 Å². The zero-order chi connectivity index (χ0) is 20.1. The summed E-state index contributed by atoms with van der Waals surface area (Å²) in [6.45, 7) is 1.55. The van der Waals surface area contributed by atoms with Crippen LogP contribution in [-0.4, -0.2) is 43.7 Å². The first-order valence-corrected chi connectivity index (χ1v) is 11.3. The Hall–Kier alpha value is -1.89. The first kappa shape index (κ1) is 20.8. The molecule has 1 amide bonds. The Bertz CT molecular complexity index is 921. The number of benzene rings is 2. The lowest BCUT2D eigenvalue weighted by Crippen LogP contribution is -2.32. The monoisotopic (exact) mass is 420 g/mol. The average molecular weight is 421 g/mol. The molecule has 7 heteroatoms. The summed E-state index contributed by atoms with van der Waals surface area (Å²) < 4.78 is 27.3. The molecule has 0 saturated carbocycles. The van der Waals surface area contributed by atoms with Gasteiger partial charge in [-0.1, -0.05) is 36.6 Å². The van der Waals surface area contributed by atoms with Crippen LogP contribution in [0.15, 0.2) is 53.4 Å². The number of nitrogens with zero attached hydrogens (tertiary/aromatic N) is 2. The van der Waals surface area contributed by atoms with Crippen LogP contribution in [0.3, 0.4) is 0 Å². The van der Waals surface area contributed by atoms with E-state index in [1.807, 2.05) is 18.2 Å². The molecule has 150 valence electrons. The summed E-state index contributed by atoms with van der Waals surface area (Å²) in [5.74, 6) is -0.168. The molecule has 0 bridgehead atoms. The van der Waals surface area contributed by atoms with E-state index >= 15 is 0 Å². The van der Waals surface area contributed by atoms with E-state index in [1.165, 1.54) is 12.1 Å². The van der Waals surface area contributed by atoms with E-state index in [9.17, 15) is 13.2 Å². The Balaban J connectivity index is 1.71. The van der Waals surface area contributed by atoms with E-state index < -0.39 is 10.0 Å². The zero-order valence-electron chi connectivity index (χ0n) is 16.0. The fourth-order valence-corrected chi connectivity index (χ4v) is 5.13. The minimum Gasteiger partial charge on any atom is -0.337 e. The number of halogens is 1. The van der Waals surface area contributed by atoms with Crippen LogP contribution in [0.25, 0.3) is 0 Å². The lowest BCUT2D eigenvalue weighted by atomic mass is 10.1. The number of rotatable bonds is 5. The molecule has 1 saturated heterocycles. The molecule has 1 aliphatic rings. The number of carbonyl (C=O) groups excluding carboxylic acids is 1. The van der Waals surface area contributed by atoms with Gasteiger partial charge < -0.3 is 4.90 Å². The Labute approximate surface area is 172 Å². The van der Waals surface area contributed by atoms with Crippen molar-refractivity contribution in [3.05, 3.63) is 64.7 Å². The molecule has 0 radical (unpaired) electrons. The Kier molecular flexibility index (Phi) is 6.75. The van der Waals surface area contributed by atoms with Crippen LogP contribution < -0.4 is 0 Å². The third-order valence-electron chi connectivity index (χ3n) is 4.96. The quantitative estimate of drug-likeness (QED) is 0.729. The van der Waals surface area contributed by atoms with Crippen molar-refractivity contribution < 1.29 is 13.2 Å². The minimum absolute atomic E-state index is 0.168. The molecule has 0 aromatic heterocycles. The predicted octanol–water partition coefficient (Wildman–Crippen LogP) is 4.18. The van der Waals surface area contributed by atoms with Gasteiger partial charge in [0, 0.05) is 37.3 Å². The van der Waals surface area contributed by atoms with Gasteiger partial charge in [0.2, 0.25) is 10.0 Å². The van der Waals surface area contributed by atoms with E-state index in [0.29, 0.717) is 30.2 Å². The maximum Gasteiger partial charge on any atom is 0.253 e. The summed E-state index contributed by atoms with van der Waals surface area (Å²) in [7, 11) is -1.79. The predicted molar refractivity (Wildman–Crippen MR) is 111 cm³/mol. The molecule has 1 heterocycles. The maximum atomic E-state index is 12.8. The lowest BCUT2D eigenvalue weighted by molar-refractivity contribution is 0.0785. The Morgan fingerprint density at radius 2 is 1.68 bits per heavy atom. The summed E-state index contributed by atoms with van der Waals surface area (Å²) in [4.78, 5) is 14.5. The van der Waals surface area contributed by atoms with Gasteiger partial charge >= 0.3 is 0 Å². The Morgan fingerprint density at radius 3 is 2.29 bits per heavy atom. The molecule has 1 aliphatic heterocycles. The summed E-state index contributed by atoms with van der Waals surface area (Å²) in [6, 6.07) is 13.6. The van der Waals surface area contributed by atoms with Crippen molar-refractivity contribution in [3.8, 4) is 0 Å². The second-order valence-corrected chi connectivity index (χ2v) is 9.51. The topological polar surface area (TPSA) is 57.7 Å². The molecule has 0 aliphatic carbocycles. The molecule has 2 aromatic rings. The molecule has 0 spiro atoms. The molecule has 0 atom stereocenters. The second-order valence-electron chi connectivity index (χ2n) is 7.13. The molecule has 0 unspecified atom stereocenters. The normalized spacial score (nSPS) is 15.8. The summed E-state index contributed by atoms with van der Waals surface area (Å²) in [5.41, 5.74) is 1.39. The van der Waals surface area contributed by atoms with E-state index in [4.69, 9.17) is 11.6 Å². The third kappa shape index (κ3) is 4.93. The highest BCUT2D eigenvalue weighted by atomic mass is 35.5. The molecule has 28 heavy (non-hydrogen) atoms. The van der Waals surface area contributed by atoms with Crippen LogP contribution in [-0.2, 0) is 16.6 Å². The first-order chi connectivity index (χ1) is 13.4. The zero-order valence-corrected chi connectivity index (χ0v) is 17.5. The van der Waals surface area contributed by atoms with Crippen molar-refractivity contribution in [1.82, 2.24) is 9.21 Å². The van der Waals surface area contributed by atoms with Crippen LogP contribution in [0, 0.1) is 0 Å². The fraction of sp³-hybridized carbons (Fsp3) is 0.381. The minimum atomic E-state index is -3.51. The highest BCUT2D eigenvalue weighted by molar-refractivity contribution is 7.89. The maximum absolute atomic E-state index is 12.8. The lowest BCUT2D eigenvalue weighted by Gasteiger charge is -2.20. The number of carbonyl (C=O) groups is 1. The molecular weight excluding hydrogens is 396 g/mol. The SMILES string of the molecule is CN(Cc1cccc(Cl)c1)C(=O)c1ccc(S(=O)(=O)N2CCCCCC2)cc1. The van der Waals surface area contributed by atoms with E-state index in [2.05, 4.69) is 0 Å². The molecule has 0 N–H and O–H groups in total. The molecular formula is C21H25ClN2O3S. The number of amides is 1. The van der Waals surface area contributed by atoms with E-state index in [0.717, 1.165) is 31.2 Å². The van der Waals surface area contributed by atoms with Gasteiger partial charge in [-0.05, 0) is 54.8 Å². The second kappa shape index (κ2) is 9.07. The number of hydrogen-bond donors (Lipinski definition) is 0. The van der Waals surface area contributed by atoms with Crippen molar-refractivity contribution in [1.29, 1.82) is 0 Å². The van der Waals surface area contributed by atoms with Crippen LogP contribution in [0.1, 0.15) is 41.6 Å². The van der Waals surface area contributed by atoms with Gasteiger partial charge in [0.25, 0.3) is 5.91 Å². The van der Waals surface area contributed by atoms with Gasteiger partial charge in [-0.15, -0.1) is 0 Å². The average Bonchev–Trinajstić information content (AvgIpc) is 2.97. The summed E-state index contributed by atoms with van der Waals surface area (Å²) >= 11 is 5.99. The van der Waals surface area contributed by atoms with Crippen molar-refractivity contribution >= 4 is 27.5 Å². The first-order valence-electron chi connectivity index (χ1n) is 9.48. The van der Waals surface area contributed by atoms with Gasteiger partial charge in [0.15, 0.2) is 0 Å². The van der Waals surface area contributed by atoms with Gasteiger partial charge in [-0.3, -0.25) is 4.79 Å². The van der Waals surface area contributed by atoms with Crippen molar-refractivity contribution in [3.63, 3.8) is 0 Å². The number of hydrogen-bond acceptors (Lipinski definition) is 3. The molecule has 3 rings (SSSR count). The third-order valence-corrected chi connectivity index (χ3v) is 7.11. The highest BCUT2D eigenvalue weighted by Gasteiger charge is 2.25. The van der Waals surface area contributed by atoms with Crippen LogP contribution in [0.4, 0.5) is 0 Å². The van der Waals surface area contributed by atoms with Crippen molar-refractivity contribution in [2.24, 2.45) is 0 Å². The van der Waals surface area contributed by atoms with Crippen molar-refractivity contribution in [2.45, 2.75) is 37.1 Å². The van der Waals surface area contributed by atoms with Crippen LogP contribution in [0.2, 0.25) is 5.02 Å².